The maximum Gasteiger partial charge on any atom is 0.348 e. The molecule has 0 atom stereocenters. The number of carbonyl (C=O) groups is 1. The molecule has 0 saturated carbocycles. The van der Waals surface area contributed by atoms with Gasteiger partial charge in [-0.15, -0.1) is 22.7 Å². The summed E-state index contributed by atoms with van der Waals surface area (Å²) in [6.45, 7) is 2.83. The number of hydrogen-bond donors (Lipinski definition) is 0. The molecule has 3 aromatic heterocycles. The molecule has 36 heavy (non-hydrogen) atoms. The Hall–Kier alpha value is -2.80. The van der Waals surface area contributed by atoms with E-state index in [1.807, 2.05) is 40.6 Å². The Kier molecular flexibility index (Phi) is 6.86. The minimum atomic E-state index is -0.912. The van der Waals surface area contributed by atoms with Crippen LogP contribution in [0.4, 0.5) is 14.5 Å². The van der Waals surface area contributed by atoms with Gasteiger partial charge in [0.25, 0.3) is 10.6 Å². The molecule has 6 nitrogen and oxygen atoms in total. The van der Waals surface area contributed by atoms with Gasteiger partial charge in [-0.1, -0.05) is 23.1 Å². The van der Waals surface area contributed by atoms with E-state index in [1.165, 1.54) is 47.2 Å². The Morgan fingerprint density at radius 1 is 1.19 bits per heavy atom. The normalized spacial score (nSPS) is 15.0. The highest BCUT2D eigenvalue weighted by Crippen LogP contribution is 2.47. The lowest BCUT2D eigenvalue weighted by Gasteiger charge is -2.12. The lowest BCUT2D eigenvalue weighted by Crippen LogP contribution is -2.36. The van der Waals surface area contributed by atoms with Crippen molar-refractivity contribution in [3.63, 3.8) is 0 Å². The van der Waals surface area contributed by atoms with Gasteiger partial charge in [-0.25, -0.2) is 13.6 Å². The first-order valence-corrected chi connectivity index (χ1v) is 14.2. The number of halogens is 2. The molecule has 0 aliphatic carbocycles. The molecule has 1 aliphatic rings. The van der Waals surface area contributed by atoms with E-state index >= 15 is 0 Å². The van der Waals surface area contributed by atoms with Crippen molar-refractivity contribution in [1.82, 2.24) is 4.57 Å². The largest absolute Gasteiger partial charge is 0.465 e. The maximum absolute atomic E-state index is 14.4. The van der Waals surface area contributed by atoms with Gasteiger partial charge in [0.1, 0.15) is 19.1 Å². The van der Waals surface area contributed by atoms with Crippen molar-refractivity contribution in [3.8, 4) is 0 Å². The predicted molar refractivity (Wildman–Crippen MR) is 140 cm³/mol. The van der Waals surface area contributed by atoms with E-state index < -0.39 is 11.6 Å². The van der Waals surface area contributed by atoms with Gasteiger partial charge in [0, 0.05) is 19.2 Å². The number of methoxy groups -OCH3 is 1. The number of rotatable bonds is 5. The number of carbonyl (C=O) groups excluding carboxylic acids is 1. The van der Waals surface area contributed by atoms with E-state index in [0.29, 0.717) is 33.2 Å². The van der Waals surface area contributed by atoms with Crippen molar-refractivity contribution in [3.05, 3.63) is 81.8 Å². The average Bonchev–Trinajstić information content (AvgIpc) is 3.64. The minimum absolute atomic E-state index is 0.175. The van der Waals surface area contributed by atoms with E-state index in [2.05, 4.69) is 0 Å². The summed E-state index contributed by atoms with van der Waals surface area (Å²) in [6, 6.07) is 4.52. The van der Waals surface area contributed by atoms with Crippen LogP contribution in [0.2, 0.25) is 0 Å². The first kappa shape index (κ1) is 24.9. The standard InChI is InChI=1S/C24H20F2N3O3S4/c1-4-29-17(11-16-28(8-10-33-16)12-13-7-9-34-19(13)24(31)32-3)35-21(22(29)30)23-27(2)15-6-5-14(25)18(26)20(15)36-23/h5-11H,4,12H2,1-3H3/q+1/b23-21+. The highest BCUT2D eigenvalue weighted by Gasteiger charge is 2.29. The Bertz CT molecular complexity index is 1670. The highest BCUT2D eigenvalue weighted by atomic mass is 32.2. The molecule has 4 aromatic rings. The zero-order valence-corrected chi connectivity index (χ0v) is 22.7. The van der Waals surface area contributed by atoms with Gasteiger partial charge < -0.3 is 9.64 Å². The van der Waals surface area contributed by atoms with Crippen LogP contribution in [0.15, 0.2) is 44.8 Å². The van der Waals surface area contributed by atoms with Crippen LogP contribution in [0, 0.1) is 11.6 Å². The minimum Gasteiger partial charge on any atom is -0.465 e. The highest BCUT2D eigenvalue weighted by molar-refractivity contribution is 8.08. The molecular formula is C24H20F2N3O3S4+. The van der Waals surface area contributed by atoms with Crippen LogP contribution < -0.4 is 24.2 Å². The molecule has 0 unspecified atom stereocenters. The van der Waals surface area contributed by atoms with Gasteiger partial charge in [-0.2, -0.15) is 4.57 Å². The number of anilines is 1. The molecule has 0 saturated heterocycles. The Morgan fingerprint density at radius 3 is 2.75 bits per heavy atom. The Labute approximate surface area is 221 Å². The van der Waals surface area contributed by atoms with Crippen LogP contribution in [-0.2, 0) is 17.8 Å². The molecule has 0 N–H and O–H groups in total. The number of nitrogens with zero attached hydrogens (tertiary/aromatic N) is 3. The molecule has 0 bridgehead atoms. The van der Waals surface area contributed by atoms with Crippen molar-refractivity contribution in [2.75, 3.05) is 19.1 Å². The number of ether oxygens (including phenoxy) is 1. The number of aromatic nitrogens is 2. The molecule has 186 valence electrons. The SMILES string of the molecule is CCn1c(=O)/c(=C2\Sc3c(ccc(F)c3F)N2C)s/c1=C\c1scc[n+]1Cc1ccsc1C(=O)OC. The van der Waals surface area contributed by atoms with Gasteiger partial charge in [-0.3, -0.25) is 9.36 Å². The van der Waals surface area contributed by atoms with Gasteiger partial charge in [0.05, 0.1) is 29.1 Å². The smallest absolute Gasteiger partial charge is 0.348 e. The van der Waals surface area contributed by atoms with E-state index in [0.717, 1.165) is 33.1 Å². The molecule has 0 fully saturated rings. The van der Waals surface area contributed by atoms with Crippen molar-refractivity contribution < 1.29 is 22.9 Å². The third-order valence-electron chi connectivity index (χ3n) is 5.73. The summed E-state index contributed by atoms with van der Waals surface area (Å²) in [7, 11) is 3.11. The van der Waals surface area contributed by atoms with Gasteiger partial charge in [0.2, 0.25) is 0 Å². The topological polar surface area (TPSA) is 55.4 Å². The molecule has 1 aromatic carbocycles. The number of hydrogen-bond acceptors (Lipinski definition) is 8. The predicted octanol–water partition coefficient (Wildman–Crippen LogP) is 3.59. The van der Waals surface area contributed by atoms with Crippen LogP contribution >= 0.6 is 45.8 Å². The van der Waals surface area contributed by atoms with Crippen molar-refractivity contribution >= 4 is 68.5 Å². The molecular weight excluding hydrogens is 545 g/mol. The summed E-state index contributed by atoms with van der Waals surface area (Å²) in [5, 5.41) is 5.28. The zero-order chi connectivity index (χ0) is 25.6. The fraction of sp³-hybridized carbons (Fsp3) is 0.208. The van der Waals surface area contributed by atoms with Crippen molar-refractivity contribution in [1.29, 1.82) is 0 Å². The van der Waals surface area contributed by atoms with Crippen LogP contribution in [0.1, 0.15) is 27.2 Å². The average molecular weight is 565 g/mol. The summed E-state index contributed by atoms with van der Waals surface area (Å²) < 4.78 is 38.0. The fourth-order valence-electron chi connectivity index (χ4n) is 3.91. The molecule has 4 heterocycles. The molecule has 12 heteroatoms. The summed E-state index contributed by atoms with van der Waals surface area (Å²) in [4.78, 5) is 27.9. The third kappa shape index (κ3) is 4.21. The molecule has 5 rings (SSSR count). The number of thiophene rings is 1. The van der Waals surface area contributed by atoms with Crippen LogP contribution in [0.3, 0.4) is 0 Å². The Balaban J connectivity index is 1.59. The number of benzene rings is 1. The van der Waals surface area contributed by atoms with E-state index in [9.17, 15) is 18.4 Å². The van der Waals surface area contributed by atoms with Crippen LogP contribution in [0.25, 0.3) is 11.1 Å². The van der Waals surface area contributed by atoms with E-state index in [1.54, 1.807) is 16.5 Å². The third-order valence-corrected chi connectivity index (χ3v) is 10.0. The van der Waals surface area contributed by atoms with E-state index in [-0.39, 0.29) is 16.4 Å². The summed E-state index contributed by atoms with van der Waals surface area (Å²) in [6.07, 6.45) is 3.88. The number of thioether (sulfide) groups is 1. The van der Waals surface area contributed by atoms with E-state index in [4.69, 9.17) is 4.74 Å². The molecule has 1 aliphatic heterocycles. The summed E-state index contributed by atoms with van der Waals surface area (Å²) in [5.41, 5.74) is 1.21. The van der Waals surface area contributed by atoms with Gasteiger partial charge in [-0.05, 0) is 30.5 Å². The second-order valence-electron chi connectivity index (χ2n) is 7.77. The van der Waals surface area contributed by atoms with Gasteiger partial charge >= 0.3 is 5.97 Å². The maximum atomic E-state index is 14.4. The quantitative estimate of drug-likeness (QED) is 0.274. The second-order valence-corrected chi connectivity index (χ2v) is 11.6. The van der Waals surface area contributed by atoms with Gasteiger partial charge in [0.15, 0.2) is 24.4 Å². The second kappa shape index (κ2) is 9.92. The van der Waals surface area contributed by atoms with Crippen molar-refractivity contribution in [2.24, 2.45) is 0 Å². The first-order chi connectivity index (χ1) is 17.3. The van der Waals surface area contributed by atoms with Crippen LogP contribution in [-0.4, -0.2) is 24.7 Å². The zero-order valence-electron chi connectivity index (χ0n) is 19.4. The van der Waals surface area contributed by atoms with Crippen molar-refractivity contribution in [2.45, 2.75) is 24.9 Å². The Morgan fingerprint density at radius 2 is 2.00 bits per heavy atom. The molecule has 0 amide bonds. The lowest BCUT2D eigenvalue weighted by molar-refractivity contribution is -0.685. The monoisotopic (exact) mass is 564 g/mol. The first-order valence-electron chi connectivity index (χ1n) is 10.8. The molecule has 0 spiro atoms. The summed E-state index contributed by atoms with van der Waals surface area (Å²) >= 11 is 5.25. The molecule has 0 radical (unpaired) electrons. The fourth-order valence-corrected chi connectivity index (χ4v) is 8.08. The number of fused-ring (bicyclic) bond motifs is 1. The number of thiazole rings is 2. The number of esters is 1. The lowest BCUT2D eigenvalue weighted by atomic mass is 10.2. The summed E-state index contributed by atoms with van der Waals surface area (Å²) in [5.74, 6) is -2.18. The van der Waals surface area contributed by atoms with Crippen LogP contribution in [0.5, 0.6) is 0 Å².